The number of aliphatic hydroxyl groups is 5. The number of ether oxygens (including phenoxy) is 1. The van der Waals surface area contributed by atoms with Crippen LogP contribution < -0.4 is 0 Å². The van der Waals surface area contributed by atoms with Gasteiger partial charge in [-0.1, -0.05) is 13.8 Å². The zero-order valence-electron chi connectivity index (χ0n) is 22.2. The molecule has 0 saturated heterocycles. The fraction of sp³-hybridized carbons (Fsp3) is 0.857. The molecule has 4 rings (SSSR count). The van der Waals surface area contributed by atoms with Crippen LogP contribution in [0.5, 0.6) is 0 Å². The van der Waals surface area contributed by atoms with Crippen LogP contribution in [0.1, 0.15) is 86.0 Å². The Morgan fingerprint density at radius 1 is 1.11 bits per heavy atom. The number of hydrogen-bond donors (Lipinski definition) is 5. The number of fused-ring (bicyclic) bond motifs is 5. The zero-order valence-corrected chi connectivity index (χ0v) is 22.2. The number of hydrogen-bond acceptors (Lipinski definition) is 8. The fourth-order valence-electron chi connectivity index (χ4n) is 8.58. The third-order valence-electron chi connectivity index (χ3n) is 10.7. The highest BCUT2D eigenvalue weighted by atomic mass is 16.5. The van der Waals surface area contributed by atoms with E-state index in [0.717, 1.165) is 0 Å². The molecule has 10 atom stereocenters. The first-order valence-electron chi connectivity index (χ1n) is 13.4. The Bertz CT molecular complexity index is 921. The molecule has 8 nitrogen and oxygen atoms in total. The van der Waals surface area contributed by atoms with Gasteiger partial charge in [0.05, 0.1) is 23.4 Å². The molecule has 0 aromatic carbocycles. The maximum Gasteiger partial charge on any atom is 0.293 e. The van der Waals surface area contributed by atoms with E-state index in [1.165, 1.54) is 0 Å². The van der Waals surface area contributed by atoms with Crippen LogP contribution in [0.15, 0.2) is 11.6 Å². The van der Waals surface area contributed by atoms with Crippen molar-refractivity contribution in [2.75, 3.05) is 0 Å². The third-order valence-corrected chi connectivity index (χ3v) is 10.7. The van der Waals surface area contributed by atoms with Crippen LogP contribution in [0.3, 0.4) is 0 Å². The van der Waals surface area contributed by atoms with E-state index in [0.29, 0.717) is 50.6 Å². The summed E-state index contributed by atoms with van der Waals surface area (Å²) in [7, 11) is 0. The van der Waals surface area contributed by atoms with Crippen molar-refractivity contribution in [1.82, 2.24) is 0 Å². The summed E-state index contributed by atoms with van der Waals surface area (Å²) in [5.41, 5.74) is -4.42. The lowest BCUT2D eigenvalue weighted by molar-refractivity contribution is -0.187. The first-order chi connectivity index (χ1) is 16.5. The van der Waals surface area contributed by atoms with Crippen LogP contribution in [0.25, 0.3) is 0 Å². The summed E-state index contributed by atoms with van der Waals surface area (Å²) in [6, 6.07) is 0. The Kier molecular flexibility index (Phi) is 6.83. The predicted molar refractivity (Wildman–Crippen MR) is 132 cm³/mol. The van der Waals surface area contributed by atoms with E-state index in [1.54, 1.807) is 26.8 Å². The van der Waals surface area contributed by atoms with Crippen LogP contribution in [-0.2, 0) is 14.3 Å². The minimum Gasteiger partial charge on any atom is -0.462 e. The third kappa shape index (κ3) is 4.08. The molecular formula is C28H44O8. The average Bonchev–Trinajstić information content (AvgIpc) is 3.05. The molecule has 0 aromatic heterocycles. The van der Waals surface area contributed by atoms with Crippen LogP contribution in [-0.4, -0.2) is 72.9 Å². The van der Waals surface area contributed by atoms with Crippen molar-refractivity contribution in [3.63, 3.8) is 0 Å². The molecule has 1 unspecified atom stereocenters. The Balaban J connectivity index is 1.69. The smallest absolute Gasteiger partial charge is 0.293 e. The summed E-state index contributed by atoms with van der Waals surface area (Å²) in [4.78, 5) is 24.7. The second kappa shape index (κ2) is 8.87. The van der Waals surface area contributed by atoms with Gasteiger partial charge in [0, 0.05) is 11.3 Å². The van der Waals surface area contributed by atoms with Gasteiger partial charge < -0.3 is 30.3 Å². The topological polar surface area (TPSA) is 145 Å². The standard InChI is InChI=1S/C28H44O8/c1-24(2,33)9-8-23(36-15-29)27(5,34)22-7-11-28(35)17-12-19(30)18-13-20(31)21(32)14-25(18,3)16(17)6-10-26(22,28)4/h12,15-16,18,20-23,31-35H,6-11,13-14H2,1-5H3/t16-,18-,20+,21-,22-,23?,25+,26+,27+,28+/m0/s1. The highest BCUT2D eigenvalue weighted by molar-refractivity contribution is 5.95. The van der Waals surface area contributed by atoms with Gasteiger partial charge in [-0.25, -0.2) is 0 Å². The van der Waals surface area contributed by atoms with E-state index in [9.17, 15) is 35.1 Å². The summed E-state index contributed by atoms with van der Waals surface area (Å²) in [5, 5.41) is 55.1. The Morgan fingerprint density at radius 2 is 1.78 bits per heavy atom. The summed E-state index contributed by atoms with van der Waals surface area (Å²) >= 11 is 0. The minimum absolute atomic E-state index is 0.110. The van der Waals surface area contributed by atoms with Crippen LogP contribution in [0.4, 0.5) is 0 Å². The maximum absolute atomic E-state index is 13.3. The Hall–Kier alpha value is -1.32. The molecule has 0 aliphatic heterocycles. The Labute approximate surface area is 213 Å². The van der Waals surface area contributed by atoms with Crippen molar-refractivity contribution in [1.29, 1.82) is 0 Å². The summed E-state index contributed by atoms with van der Waals surface area (Å²) in [6.07, 6.45) is 2.14. The minimum atomic E-state index is -1.46. The van der Waals surface area contributed by atoms with Gasteiger partial charge in [0.25, 0.3) is 6.47 Å². The highest BCUT2D eigenvalue weighted by Gasteiger charge is 2.69. The molecule has 0 heterocycles. The summed E-state index contributed by atoms with van der Waals surface area (Å²) in [5.74, 6) is -1.04. The van der Waals surface area contributed by atoms with Crippen molar-refractivity contribution in [3.8, 4) is 0 Å². The quantitative estimate of drug-likeness (QED) is 0.329. The predicted octanol–water partition coefficient (Wildman–Crippen LogP) is 2.03. The number of carbonyl (C=O) groups is 2. The van der Waals surface area contributed by atoms with Gasteiger partial charge in [-0.15, -0.1) is 0 Å². The SMILES string of the molecule is CC(C)(O)CCC(OC=O)[C@](C)(O)[C@H]1CC[C@@]2(O)C3=CC(=O)[C@@H]4C[C@@H](O)[C@@H](O)C[C@]4(C)[C@H]3CC[C@]12C. The van der Waals surface area contributed by atoms with E-state index < -0.39 is 57.8 Å². The monoisotopic (exact) mass is 508 g/mol. The van der Waals surface area contributed by atoms with E-state index in [2.05, 4.69) is 0 Å². The number of aliphatic hydroxyl groups excluding tert-OH is 2. The largest absolute Gasteiger partial charge is 0.462 e. The van der Waals surface area contributed by atoms with Gasteiger partial charge in [-0.2, -0.15) is 0 Å². The molecule has 0 amide bonds. The van der Waals surface area contributed by atoms with Gasteiger partial charge in [0.1, 0.15) is 11.7 Å². The summed E-state index contributed by atoms with van der Waals surface area (Å²) < 4.78 is 5.36. The lowest BCUT2D eigenvalue weighted by Gasteiger charge is -2.60. The van der Waals surface area contributed by atoms with Gasteiger partial charge in [0.15, 0.2) is 5.78 Å². The molecular weight excluding hydrogens is 464 g/mol. The number of carbonyl (C=O) groups excluding carboxylic acids is 2. The Morgan fingerprint density at radius 3 is 2.39 bits per heavy atom. The second-order valence-corrected chi connectivity index (χ2v) is 13.4. The molecule has 0 spiro atoms. The van der Waals surface area contributed by atoms with Crippen LogP contribution in [0, 0.1) is 28.6 Å². The van der Waals surface area contributed by atoms with Crippen LogP contribution in [0.2, 0.25) is 0 Å². The van der Waals surface area contributed by atoms with Gasteiger partial charge in [-0.05, 0) is 101 Å². The van der Waals surface area contributed by atoms with Crippen molar-refractivity contribution in [2.45, 2.75) is 121 Å². The van der Waals surface area contributed by atoms with Gasteiger partial charge in [-0.3, -0.25) is 9.59 Å². The zero-order chi connectivity index (χ0) is 26.9. The molecule has 36 heavy (non-hydrogen) atoms. The number of allylic oxidation sites excluding steroid dienone is 1. The number of rotatable bonds is 7. The molecule has 0 radical (unpaired) electrons. The second-order valence-electron chi connectivity index (χ2n) is 13.4. The lowest BCUT2D eigenvalue weighted by Crippen LogP contribution is -2.63. The average molecular weight is 509 g/mol. The molecule has 3 fully saturated rings. The fourth-order valence-corrected chi connectivity index (χ4v) is 8.58. The van der Waals surface area contributed by atoms with Crippen LogP contribution >= 0.6 is 0 Å². The molecule has 204 valence electrons. The molecule has 0 bridgehead atoms. The molecule has 4 aliphatic rings. The molecule has 4 aliphatic carbocycles. The molecule has 3 saturated carbocycles. The van der Waals surface area contributed by atoms with Gasteiger partial charge >= 0.3 is 0 Å². The first kappa shape index (κ1) is 27.7. The van der Waals surface area contributed by atoms with E-state index in [-0.39, 0.29) is 24.5 Å². The summed E-state index contributed by atoms with van der Waals surface area (Å²) in [6.45, 7) is 9.27. The van der Waals surface area contributed by atoms with Crippen molar-refractivity contribution in [2.24, 2.45) is 28.6 Å². The van der Waals surface area contributed by atoms with Crippen molar-refractivity contribution in [3.05, 3.63) is 11.6 Å². The normalized spacial score (nSPS) is 45.0. The van der Waals surface area contributed by atoms with Crippen molar-refractivity contribution < 1.29 is 39.9 Å². The van der Waals surface area contributed by atoms with Crippen molar-refractivity contribution >= 4 is 12.3 Å². The highest BCUT2D eigenvalue weighted by Crippen LogP contribution is 2.68. The maximum atomic E-state index is 13.3. The number of ketones is 1. The van der Waals surface area contributed by atoms with E-state index in [4.69, 9.17) is 4.74 Å². The molecule has 8 heteroatoms. The van der Waals surface area contributed by atoms with Gasteiger partial charge in [0.2, 0.25) is 0 Å². The molecule has 5 N–H and O–H groups in total. The lowest BCUT2D eigenvalue weighted by atomic mass is 9.45. The van der Waals surface area contributed by atoms with E-state index >= 15 is 0 Å². The molecule has 0 aromatic rings. The van der Waals surface area contributed by atoms with E-state index in [1.807, 2.05) is 13.8 Å². The first-order valence-corrected chi connectivity index (χ1v) is 13.4.